The minimum Gasteiger partial charge on any atom is -0.369 e. The Kier molecular flexibility index (Phi) is 5.71. The van der Waals surface area contributed by atoms with Gasteiger partial charge < -0.3 is 10.3 Å². The molecule has 4 aromatic rings. The Balaban J connectivity index is 1.30. The number of likely N-dealkylation sites (tertiary alicyclic amines) is 1. The van der Waals surface area contributed by atoms with Crippen molar-refractivity contribution >= 4 is 27.6 Å². The van der Waals surface area contributed by atoms with Gasteiger partial charge in [0.15, 0.2) is 0 Å². The van der Waals surface area contributed by atoms with Gasteiger partial charge in [0.05, 0.1) is 6.42 Å². The van der Waals surface area contributed by atoms with Gasteiger partial charge in [0.1, 0.15) is 0 Å². The number of hydrogen-bond acceptors (Lipinski definition) is 2. The highest BCUT2D eigenvalue weighted by Crippen LogP contribution is 2.28. The lowest BCUT2D eigenvalue weighted by Gasteiger charge is -2.25. The SMILES string of the molecule is Cn1c(CC[C@@H]2CCCN2Cc2cccc3ccccc23)cc2ccc(CC(N)=O)cc21. The summed E-state index contributed by atoms with van der Waals surface area (Å²) in [6.07, 6.45) is 5.08. The molecule has 0 radical (unpaired) electrons. The largest absolute Gasteiger partial charge is 0.369 e. The van der Waals surface area contributed by atoms with Gasteiger partial charge in [-0.25, -0.2) is 0 Å². The third-order valence-electron chi connectivity index (χ3n) is 7.07. The smallest absolute Gasteiger partial charge is 0.221 e. The van der Waals surface area contributed by atoms with Crippen LogP contribution in [0.15, 0.2) is 66.7 Å². The number of fused-ring (bicyclic) bond motifs is 2. The molecule has 0 spiro atoms. The first-order chi connectivity index (χ1) is 15.6. The molecule has 1 aromatic heterocycles. The fourth-order valence-electron chi connectivity index (χ4n) is 5.38. The van der Waals surface area contributed by atoms with Gasteiger partial charge >= 0.3 is 0 Å². The third kappa shape index (κ3) is 4.15. The molecule has 3 aromatic carbocycles. The number of aryl methyl sites for hydroxylation is 2. The third-order valence-corrected chi connectivity index (χ3v) is 7.07. The number of amides is 1. The Morgan fingerprint density at radius 1 is 1.03 bits per heavy atom. The molecular formula is C28H31N3O. The van der Waals surface area contributed by atoms with Crippen LogP contribution in [-0.2, 0) is 31.2 Å². The predicted octanol–water partition coefficient (Wildman–Crippen LogP) is 4.96. The van der Waals surface area contributed by atoms with E-state index in [1.54, 1.807) is 0 Å². The number of nitrogens with zero attached hydrogens (tertiary/aromatic N) is 2. The topological polar surface area (TPSA) is 51.3 Å². The number of hydrogen-bond donors (Lipinski definition) is 1. The summed E-state index contributed by atoms with van der Waals surface area (Å²) in [4.78, 5) is 14.0. The monoisotopic (exact) mass is 425 g/mol. The Labute approximate surface area is 189 Å². The lowest BCUT2D eigenvalue weighted by atomic mass is 10.0. The number of nitrogens with two attached hydrogens (primary N) is 1. The van der Waals surface area contributed by atoms with E-state index >= 15 is 0 Å². The Morgan fingerprint density at radius 2 is 1.88 bits per heavy atom. The summed E-state index contributed by atoms with van der Waals surface area (Å²) >= 11 is 0. The van der Waals surface area contributed by atoms with E-state index < -0.39 is 0 Å². The molecular weight excluding hydrogens is 394 g/mol. The first-order valence-electron chi connectivity index (χ1n) is 11.6. The zero-order chi connectivity index (χ0) is 22.1. The van der Waals surface area contributed by atoms with E-state index in [1.807, 2.05) is 6.07 Å². The Bertz CT molecular complexity index is 1270. The average Bonchev–Trinajstić information content (AvgIpc) is 3.36. The van der Waals surface area contributed by atoms with Crippen molar-refractivity contribution in [3.05, 3.63) is 83.6 Å². The molecule has 5 rings (SSSR count). The van der Waals surface area contributed by atoms with Crippen LogP contribution in [-0.4, -0.2) is 28.0 Å². The van der Waals surface area contributed by atoms with E-state index in [0.717, 1.165) is 18.5 Å². The molecule has 1 atom stereocenters. The highest BCUT2D eigenvalue weighted by Gasteiger charge is 2.25. The molecule has 1 fully saturated rings. The van der Waals surface area contributed by atoms with Crippen LogP contribution in [0, 0.1) is 0 Å². The second kappa shape index (κ2) is 8.79. The van der Waals surface area contributed by atoms with Crippen LogP contribution in [0.5, 0.6) is 0 Å². The van der Waals surface area contributed by atoms with Crippen LogP contribution < -0.4 is 5.73 Å². The molecule has 32 heavy (non-hydrogen) atoms. The van der Waals surface area contributed by atoms with Crippen molar-refractivity contribution in [2.75, 3.05) is 6.54 Å². The molecule has 4 nitrogen and oxygen atoms in total. The molecule has 164 valence electrons. The van der Waals surface area contributed by atoms with Crippen molar-refractivity contribution in [1.82, 2.24) is 9.47 Å². The lowest BCUT2D eigenvalue weighted by Crippen LogP contribution is -2.29. The van der Waals surface area contributed by atoms with Crippen LogP contribution in [0.1, 0.15) is 36.1 Å². The van der Waals surface area contributed by atoms with Crippen LogP contribution in [0.2, 0.25) is 0 Å². The van der Waals surface area contributed by atoms with Gasteiger partial charge in [-0.2, -0.15) is 0 Å². The maximum absolute atomic E-state index is 11.3. The number of rotatable bonds is 7. The molecule has 1 aliphatic rings. The number of benzene rings is 3. The van der Waals surface area contributed by atoms with Crippen molar-refractivity contribution in [2.45, 2.75) is 44.7 Å². The minimum atomic E-state index is -0.286. The first-order valence-corrected chi connectivity index (χ1v) is 11.6. The molecule has 0 aliphatic carbocycles. The standard InChI is InChI=1S/C28H31N3O/c1-30-25(18-22-12-11-20(16-27(22)30)17-28(29)32)14-13-24-9-5-15-31(24)19-23-8-4-7-21-6-2-3-10-26(21)23/h2-4,6-8,10-12,16,18,24H,5,9,13-15,17,19H2,1H3,(H2,29,32)/t24-/m0/s1. The molecule has 1 aliphatic heterocycles. The lowest BCUT2D eigenvalue weighted by molar-refractivity contribution is -0.117. The summed E-state index contributed by atoms with van der Waals surface area (Å²) < 4.78 is 2.28. The Morgan fingerprint density at radius 3 is 2.75 bits per heavy atom. The van der Waals surface area contributed by atoms with Crippen molar-refractivity contribution < 1.29 is 4.79 Å². The number of carbonyl (C=O) groups is 1. The molecule has 0 unspecified atom stereocenters. The summed E-state index contributed by atoms with van der Waals surface area (Å²) in [5, 5.41) is 3.93. The fourth-order valence-corrected chi connectivity index (χ4v) is 5.38. The van der Waals surface area contributed by atoms with Gasteiger partial charge in [-0.05, 0) is 71.6 Å². The molecule has 1 amide bonds. The average molecular weight is 426 g/mol. The van der Waals surface area contributed by atoms with Crippen LogP contribution in [0.3, 0.4) is 0 Å². The maximum atomic E-state index is 11.3. The van der Waals surface area contributed by atoms with E-state index in [9.17, 15) is 4.79 Å². The zero-order valence-electron chi connectivity index (χ0n) is 18.8. The molecule has 0 saturated carbocycles. The quantitative estimate of drug-likeness (QED) is 0.455. The van der Waals surface area contributed by atoms with E-state index in [4.69, 9.17) is 5.73 Å². The number of primary amides is 1. The maximum Gasteiger partial charge on any atom is 0.221 e. The summed E-state index contributed by atoms with van der Waals surface area (Å²) in [6, 6.07) is 24.5. The molecule has 2 heterocycles. The van der Waals surface area contributed by atoms with Gasteiger partial charge in [-0.15, -0.1) is 0 Å². The highest BCUT2D eigenvalue weighted by atomic mass is 16.1. The Hall–Kier alpha value is -3.11. The van der Waals surface area contributed by atoms with Crippen molar-refractivity contribution in [3.8, 4) is 0 Å². The summed E-state index contributed by atoms with van der Waals surface area (Å²) in [7, 11) is 2.13. The second-order valence-electron chi connectivity index (χ2n) is 9.17. The van der Waals surface area contributed by atoms with Gasteiger partial charge in [0.25, 0.3) is 0 Å². The van der Waals surface area contributed by atoms with E-state index in [1.165, 1.54) is 58.7 Å². The molecule has 1 saturated heterocycles. The molecule has 0 bridgehead atoms. The summed E-state index contributed by atoms with van der Waals surface area (Å²) in [6.45, 7) is 2.21. The first kappa shape index (κ1) is 20.8. The van der Waals surface area contributed by atoms with Gasteiger partial charge in [0.2, 0.25) is 5.91 Å². The number of aromatic nitrogens is 1. The summed E-state index contributed by atoms with van der Waals surface area (Å²) in [5.41, 5.74) is 10.3. The van der Waals surface area contributed by atoms with E-state index in [0.29, 0.717) is 12.5 Å². The minimum absolute atomic E-state index is 0.286. The van der Waals surface area contributed by atoms with Crippen molar-refractivity contribution in [2.24, 2.45) is 12.8 Å². The fraction of sp³-hybridized carbons (Fsp3) is 0.321. The second-order valence-corrected chi connectivity index (χ2v) is 9.17. The summed E-state index contributed by atoms with van der Waals surface area (Å²) in [5.74, 6) is -0.286. The van der Waals surface area contributed by atoms with E-state index in [-0.39, 0.29) is 5.91 Å². The van der Waals surface area contributed by atoms with Crippen molar-refractivity contribution in [1.29, 1.82) is 0 Å². The van der Waals surface area contributed by atoms with E-state index in [2.05, 4.69) is 77.2 Å². The highest BCUT2D eigenvalue weighted by molar-refractivity contribution is 5.86. The van der Waals surface area contributed by atoms with Gasteiger partial charge in [-0.3, -0.25) is 9.69 Å². The van der Waals surface area contributed by atoms with Crippen molar-refractivity contribution in [3.63, 3.8) is 0 Å². The number of carbonyl (C=O) groups excluding carboxylic acids is 1. The van der Waals surface area contributed by atoms with Gasteiger partial charge in [0, 0.05) is 30.8 Å². The predicted molar refractivity (Wildman–Crippen MR) is 132 cm³/mol. The van der Waals surface area contributed by atoms with Crippen LogP contribution in [0.25, 0.3) is 21.7 Å². The normalized spacial score (nSPS) is 16.8. The zero-order valence-corrected chi connectivity index (χ0v) is 18.8. The van der Waals surface area contributed by atoms with Gasteiger partial charge in [-0.1, -0.05) is 54.6 Å². The molecule has 2 N–H and O–H groups in total. The van der Waals surface area contributed by atoms with Crippen LogP contribution >= 0.6 is 0 Å². The van der Waals surface area contributed by atoms with Crippen LogP contribution in [0.4, 0.5) is 0 Å². The molecule has 4 heteroatoms.